The fraction of sp³-hybridized carbons (Fsp3) is 0.700. The first-order valence-corrected chi connectivity index (χ1v) is 13.9. The van der Waals surface area contributed by atoms with E-state index in [0.29, 0.717) is 36.8 Å². The van der Waals surface area contributed by atoms with Crippen LogP contribution in [0.3, 0.4) is 0 Å². The van der Waals surface area contributed by atoms with Gasteiger partial charge >= 0.3 is 6.09 Å². The van der Waals surface area contributed by atoms with E-state index in [9.17, 15) is 9.59 Å². The number of ether oxygens (including phenoxy) is 1. The second-order valence-electron chi connectivity index (χ2n) is 9.18. The van der Waals surface area contributed by atoms with Crippen LogP contribution >= 0.6 is 23.2 Å². The minimum absolute atomic E-state index is 0.0127. The molecule has 2 heterocycles. The summed E-state index contributed by atoms with van der Waals surface area (Å²) in [7, 11) is -2.15. The summed E-state index contributed by atoms with van der Waals surface area (Å²) in [4.78, 5) is 29.8. The van der Waals surface area contributed by atoms with Crippen molar-refractivity contribution in [1.29, 1.82) is 0 Å². The third-order valence-electron chi connectivity index (χ3n) is 5.93. The Hall–Kier alpha value is -1.22. The van der Waals surface area contributed by atoms with Crippen molar-refractivity contribution in [2.75, 3.05) is 19.7 Å². The molecular weight excluding hydrogens is 445 g/mol. The molecule has 2 unspecified atom stereocenters. The van der Waals surface area contributed by atoms with E-state index in [1.165, 1.54) is 0 Å². The highest BCUT2D eigenvalue weighted by Gasteiger charge is 2.43. The standard InChI is InChI=1S/C20H33Cl2N3O4Si/c1-8-28-19(27)25-10-9-13(14(11-25)29-30(6,7)20(3,4)5)24-18(26)17-16(22)15(21)12(2)23-17/h13-14,23H,8-11H2,1-7H3,(H,24,26). The van der Waals surface area contributed by atoms with E-state index in [1.54, 1.807) is 18.7 Å². The SMILES string of the molecule is CCOC(=O)N1CCC(NC(=O)c2[nH]c(C)c(Cl)c2Cl)C(O[Si](C)(C)C(C)(C)C)C1. The molecule has 0 aliphatic carbocycles. The molecular formula is C20H33Cl2N3O4Si. The van der Waals surface area contributed by atoms with Crippen molar-refractivity contribution < 1.29 is 18.8 Å². The summed E-state index contributed by atoms with van der Waals surface area (Å²) >= 11 is 12.3. The Balaban J connectivity index is 2.23. The number of amides is 2. The number of nitrogens with zero attached hydrogens (tertiary/aromatic N) is 1. The first-order valence-electron chi connectivity index (χ1n) is 10.2. The van der Waals surface area contributed by atoms with Crippen LogP contribution in [0.15, 0.2) is 0 Å². The predicted octanol–water partition coefficient (Wildman–Crippen LogP) is 4.98. The van der Waals surface area contributed by atoms with Gasteiger partial charge in [-0.15, -0.1) is 0 Å². The number of H-pyrrole nitrogens is 1. The van der Waals surface area contributed by atoms with Crippen LogP contribution in [0.2, 0.25) is 28.2 Å². The highest BCUT2D eigenvalue weighted by atomic mass is 35.5. The van der Waals surface area contributed by atoms with Crippen LogP contribution in [0.5, 0.6) is 0 Å². The van der Waals surface area contributed by atoms with Crippen LogP contribution in [-0.2, 0) is 9.16 Å². The second-order valence-corrected chi connectivity index (χ2v) is 14.7. The Morgan fingerprint density at radius 3 is 2.40 bits per heavy atom. The number of nitrogens with one attached hydrogen (secondary N) is 2. The van der Waals surface area contributed by atoms with Crippen molar-refractivity contribution in [2.45, 2.75) is 71.3 Å². The second kappa shape index (κ2) is 9.50. The van der Waals surface area contributed by atoms with Crippen LogP contribution in [0.4, 0.5) is 4.79 Å². The Morgan fingerprint density at radius 2 is 1.90 bits per heavy atom. The van der Waals surface area contributed by atoms with Gasteiger partial charge in [0.05, 0.1) is 35.3 Å². The van der Waals surface area contributed by atoms with Crippen LogP contribution in [0.1, 0.15) is 50.3 Å². The number of carbonyl (C=O) groups excluding carboxylic acids is 2. The quantitative estimate of drug-likeness (QED) is 0.585. The lowest BCUT2D eigenvalue weighted by Gasteiger charge is -2.45. The summed E-state index contributed by atoms with van der Waals surface area (Å²) in [5.74, 6) is -0.339. The summed E-state index contributed by atoms with van der Waals surface area (Å²) in [5, 5.41) is 3.57. The van der Waals surface area contributed by atoms with E-state index < -0.39 is 8.32 Å². The summed E-state index contributed by atoms with van der Waals surface area (Å²) in [6.07, 6.45) is -0.159. The number of halogens is 2. The van der Waals surface area contributed by atoms with Crippen LogP contribution < -0.4 is 5.32 Å². The van der Waals surface area contributed by atoms with Crippen molar-refractivity contribution >= 4 is 43.5 Å². The molecule has 170 valence electrons. The van der Waals surface area contributed by atoms with Crippen LogP contribution in [-0.4, -0.2) is 62.0 Å². The van der Waals surface area contributed by atoms with Crippen molar-refractivity contribution in [3.63, 3.8) is 0 Å². The molecule has 0 spiro atoms. The average molecular weight is 478 g/mol. The van der Waals surface area contributed by atoms with E-state index >= 15 is 0 Å². The number of aromatic amines is 1. The molecule has 7 nitrogen and oxygen atoms in total. The maximum atomic E-state index is 12.9. The van der Waals surface area contributed by atoms with Gasteiger partial charge < -0.3 is 24.4 Å². The van der Waals surface area contributed by atoms with Gasteiger partial charge in [-0.2, -0.15) is 0 Å². The number of piperidine rings is 1. The van der Waals surface area contributed by atoms with E-state index in [4.69, 9.17) is 32.4 Å². The van der Waals surface area contributed by atoms with Gasteiger partial charge in [-0.05, 0) is 38.4 Å². The molecule has 0 radical (unpaired) electrons. The number of hydrogen-bond acceptors (Lipinski definition) is 4. The van der Waals surface area contributed by atoms with Gasteiger partial charge in [0.15, 0.2) is 8.32 Å². The lowest BCUT2D eigenvalue weighted by Crippen LogP contribution is -2.60. The van der Waals surface area contributed by atoms with Crippen molar-refractivity contribution in [2.24, 2.45) is 0 Å². The third kappa shape index (κ3) is 5.52. The van der Waals surface area contributed by atoms with Gasteiger partial charge in [-0.25, -0.2) is 4.79 Å². The molecule has 1 fully saturated rings. The highest BCUT2D eigenvalue weighted by Crippen LogP contribution is 2.38. The molecule has 1 aromatic rings. The van der Waals surface area contributed by atoms with E-state index in [-0.39, 0.29) is 39.9 Å². The Labute approximate surface area is 189 Å². The predicted molar refractivity (Wildman–Crippen MR) is 122 cm³/mol. The molecule has 2 amide bonds. The molecule has 1 aliphatic rings. The average Bonchev–Trinajstić information content (AvgIpc) is 2.89. The smallest absolute Gasteiger partial charge is 0.409 e. The monoisotopic (exact) mass is 477 g/mol. The van der Waals surface area contributed by atoms with E-state index in [0.717, 1.165) is 0 Å². The molecule has 1 aliphatic heterocycles. The maximum Gasteiger partial charge on any atom is 0.409 e. The Bertz CT molecular complexity index is 792. The largest absolute Gasteiger partial charge is 0.450 e. The van der Waals surface area contributed by atoms with Gasteiger partial charge in [0.2, 0.25) is 0 Å². The Morgan fingerprint density at radius 1 is 1.27 bits per heavy atom. The molecule has 2 N–H and O–H groups in total. The molecule has 30 heavy (non-hydrogen) atoms. The topological polar surface area (TPSA) is 83.7 Å². The molecule has 1 aromatic heterocycles. The normalized spacial score (nSPS) is 20.2. The van der Waals surface area contributed by atoms with Gasteiger partial charge in [0, 0.05) is 12.2 Å². The molecule has 2 atom stereocenters. The zero-order valence-corrected chi connectivity index (χ0v) is 21.3. The highest BCUT2D eigenvalue weighted by molar-refractivity contribution is 6.74. The first-order chi connectivity index (χ1) is 13.8. The van der Waals surface area contributed by atoms with Crippen LogP contribution in [0, 0.1) is 6.92 Å². The first kappa shape index (κ1) is 25.0. The van der Waals surface area contributed by atoms with Gasteiger partial charge in [0.25, 0.3) is 5.91 Å². The third-order valence-corrected chi connectivity index (χ3v) is 11.4. The number of rotatable bonds is 5. The number of aryl methyl sites for hydroxylation is 1. The van der Waals surface area contributed by atoms with Gasteiger partial charge in [-0.1, -0.05) is 44.0 Å². The number of aromatic nitrogens is 1. The fourth-order valence-corrected chi connectivity index (χ4v) is 4.87. The maximum absolute atomic E-state index is 12.9. The number of likely N-dealkylation sites (tertiary alicyclic amines) is 1. The minimum atomic E-state index is -2.15. The number of carbonyl (C=O) groups is 2. The van der Waals surface area contributed by atoms with Crippen molar-refractivity contribution in [3.8, 4) is 0 Å². The molecule has 1 saturated heterocycles. The summed E-state index contributed by atoms with van der Waals surface area (Å²) in [5.41, 5.74) is 0.871. The summed E-state index contributed by atoms with van der Waals surface area (Å²) in [6.45, 7) is 15.4. The van der Waals surface area contributed by atoms with Crippen molar-refractivity contribution in [1.82, 2.24) is 15.2 Å². The van der Waals surface area contributed by atoms with E-state index in [2.05, 4.69) is 44.2 Å². The van der Waals surface area contributed by atoms with Crippen molar-refractivity contribution in [3.05, 3.63) is 21.4 Å². The number of hydrogen-bond donors (Lipinski definition) is 2. The zero-order valence-electron chi connectivity index (χ0n) is 18.8. The van der Waals surface area contributed by atoms with Gasteiger partial charge in [0.1, 0.15) is 5.69 Å². The molecule has 2 rings (SSSR count). The molecule has 0 bridgehead atoms. The summed E-state index contributed by atoms with van der Waals surface area (Å²) in [6, 6.07) is -0.268. The minimum Gasteiger partial charge on any atom is -0.450 e. The van der Waals surface area contributed by atoms with Gasteiger partial charge in [-0.3, -0.25) is 4.79 Å². The molecule has 10 heteroatoms. The summed E-state index contributed by atoms with van der Waals surface area (Å²) < 4.78 is 11.8. The lowest BCUT2D eigenvalue weighted by atomic mass is 10.0. The van der Waals surface area contributed by atoms with E-state index in [1.807, 2.05) is 0 Å². The zero-order chi connectivity index (χ0) is 22.9. The van der Waals surface area contributed by atoms with Crippen LogP contribution in [0.25, 0.3) is 0 Å². The Kier molecular flexibility index (Phi) is 7.93. The molecule has 0 saturated carbocycles. The fourth-order valence-electron chi connectivity index (χ4n) is 3.11. The molecule has 0 aromatic carbocycles. The lowest BCUT2D eigenvalue weighted by molar-refractivity contribution is 0.0354.